The van der Waals surface area contributed by atoms with Crippen molar-refractivity contribution in [2.24, 2.45) is 22.9 Å². The number of hydrogen-bond acceptors (Lipinski definition) is 6. The van der Waals surface area contributed by atoms with Crippen LogP contribution >= 0.6 is 0 Å². The van der Waals surface area contributed by atoms with Crippen LogP contribution in [0.1, 0.15) is 38.5 Å². The van der Waals surface area contributed by atoms with Crippen LogP contribution in [0.5, 0.6) is 0 Å². The third-order valence-electron chi connectivity index (χ3n) is 2.57. The quantitative estimate of drug-likeness (QED) is 0.212. The Morgan fingerprint density at radius 3 is 1.24 bits per heavy atom. The van der Waals surface area contributed by atoms with E-state index in [0.29, 0.717) is 25.9 Å². The van der Waals surface area contributed by atoms with Crippen molar-refractivity contribution in [3.05, 3.63) is 0 Å². The van der Waals surface area contributed by atoms with Crippen LogP contribution in [0.3, 0.4) is 0 Å². The van der Waals surface area contributed by atoms with Crippen molar-refractivity contribution >= 4 is 35.0 Å². The molecule has 122 valence electrons. The number of carboxylic acids is 2. The summed E-state index contributed by atoms with van der Waals surface area (Å²) in [4.78, 5) is 20.3. The first-order valence-corrected chi connectivity index (χ1v) is 6.73. The molecule has 0 saturated carbocycles. The SMILES string of the molecule is NCCCC[C@H](N)C(=O)O.NCCCC[C@H](N)C(=O)O.[Mg]. The molecule has 8 nitrogen and oxygen atoms in total. The number of unbranched alkanes of at least 4 members (excludes halogenated alkanes) is 2. The van der Waals surface area contributed by atoms with E-state index in [-0.39, 0.29) is 23.1 Å². The zero-order chi connectivity index (χ0) is 16.0. The summed E-state index contributed by atoms with van der Waals surface area (Å²) in [6, 6.07) is -1.43. The lowest BCUT2D eigenvalue weighted by molar-refractivity contribution is -0.139. The largest absolute Gasteiger partial charge is 0.480 e. The van der Waals surface area contributed by atoms with Gasteiger partial charge in [-0.15, -0.1) is 0 Å². The van der Waals surface area contributed by atoms with Gasteiger partial charge in [0.25, 0.3) is 0 Å². The second kappa shape index (κ2) is 17.6. The van der Waals surface area contributed by atoms with Crippen molar-refractivity contribution in [2.45, 2.75) is 50.6 Å². The average molecular weight is 317 g/mol. The van der Waals surface area contributed by atoms with Gasteiger partial charge in [-0.25, -0.2) is 0 Å². The maximum atomic E-state index is 10.1. The van der Waals surface area contributed by atoms with E-state index in [9.17, 15) is 9.59 Å². The molecule has 21 heavy (non-hydrogen) atoms. The number of carboxylic acid groups (broad SMARTS) is 2. The fourth-order valence-corrected chi connectivity index (χ4v) is 1.26. The predicted octanol–water partition coefficient (Wildman–Crippen LogP) is -1.33. The van der Waals surface area contributed by atoms with Gasteiger partial charge in [-0.1, -0.05) is 12.8 Å². The smallest absolute Gasteiger partial charge is 0.320 e. The van der Waals surface area contributed by atoms with Gasteiger partial charge in [0.05, 0.1) is 0 Å². The van der Waals surface area contributed by atoms with Crippen LogP contribution in [0.2, 0.25) is 0 Å². The molecule has 0 unspecified atom stereocenters. The van der Waals surface area contributed by atoms with Crippen LogP contribution in [0.4, 0.5) is 0 Å². The maximum absolute atomic E-state index is 10.1. The molecule has 0 aromatic rings. The Hall–Kier alpha value is -0.454. The Morgan fingerprint density at radius 2 is 1.05 bits per heavy atom. The summed E-state index contributed by atoms with van der Waals surface area (Å²) < 4.78 is 0. The highest BCUT2D eigenvalue weighted by molar-refractivity contribution is 5.75. The van der Waals surface area contributed by atoms with E-state index in [1.165, 1.54) is 0 Å². The Labute approximate surface area is 141 Å². The molecule has 0 heterocycles. The van der Waals surface area contributed by atoms with Gasteiger partial charge in [-0.3, -0.25) is 9.59 Å². The van der Waals surface area contributed by atoms with Gasteiger partial charge in [0.2, 0.25) is 0 Å². The van der Waals surface area contributed by atoms with Crippen molar-refractivity contribution in [3.63, 3.8) is 0 Å². The minimum absolute atomic E-state index is 0. The van der Waals surface area contributed by atoms with E-state index < -0.39 is 24.0 Å². The summed E-state index contributed by atoms with van der Waals surface area (Å²) in [5, 5.41) is 16.7. The second-order valence-corrected chi connectivity index (χ2v) is 4.46. The molecule has 10 N–H and O–H groups in total. The number of aliphatic carboxylic acids is 2. The minimum atomic E-state index is -0.933. The Balaban J connectivity index is -0.000000295. The van der Waals surface area contributed by atoms with E-state index in [2.05, 4.69) is 0 Å². The monoisotopic (exact) mass is 316 g/mol. The fraction of sp³-hybridized carbons (Fsp3) is 0.833. The summed E-state index contributed by atoms with van der Waals surface area (Å²) in [5.41, 5.74) is 20.8. The third kappa shape index (κ3) is 19.5. The molecule has 0 aliphatic carbocycles. The van der Waals surface area contributed by atoms with Gasteiger partial charge in [0.1, 0.15) is 12.1 Å². The number of carbonyl (C=O) groups is 2. The molecule has 0 saturated heterocycles. The first-order chi connectivity index (χ1) is 9.36. The second-order valence-electron chi connectivity index (χ2n) is 4.46. The highest BCUT2D eigenvalue weighted by Crippen LogP contribution is 1.97. The van der Waals surface area contributed by atoms with Crippen molar-refractivity contribution in [1.82, 2.24) is 0 Å². The normalized spacial score (nSPS) is 12.4. The highest BCUT2D eigenvalue weighted by Gasteiger charge is 2.09. The summed E-state index contributed by atoms with van der Waals surface area (Å²) in [6.07, 6.45) is 4.33. The van der Waals surface area contributed by atoms with Crippen molar-refractivity contribution in [3.8, 4) is 0 Å². The molecule has 0 bridgehead atoms. The molecule has 0 spiro atoms. The van der Waals surface area contributed by atoms with E-state index in [4.69, 9.17) is 33.1 Å². The lowest BCUT2D eigenvalue weighted by atomic mass is 10.1. The van der Waals surface area contributed by atoms with Gasteiger partial charge in [-0.05, 0) is 38.8 Å². The maximum Gasteiger partial charge on any atom is 0.320 e. The van der Waals surface area contributed by atoms with Crippen molar-refractivity contribution in [2.75, 3.05) is 13.1 Å². The first kappa shape index (κ1) is 25.5. The summed E-state index contributed by atoms with van der Waals surface area (Å²) in [5.74, 6) is -1.87. The van der Waals surface area contributed by atoms with Crippen molar-refractivity contribution < 1.29 is 19.8 Å². The van der Waals surface area contributed by atoms with E-state index in [1.54, 1.807) is 0 Å². The third-order valence-corrected chi connectivity index (χ3v) is 2.57. The van der Waals surface area contributed by atoms with E-state index >= 15 is 0 Å². The number of hydrogen-bond donors (Lipinski definition) is 6. The Kier molecular flexibility index (Phi) is 21.4. The Morgan fingerprint density at radius 1 is 0.762 bits per heavy atom. The zero-order valence-corrected chi connectivity index (χ0v) is 14.0. The van der Waals surface area contributed by atoms with Crippen LogP contribution in [-0.4, -0.2) is 70.4 Å². The molecule has 9 heteroatoms. The number of rotatable bonds is 10. The highest BCUT2D eigenvalue weighted by atomic mass is 24.3. The molecule has 0 fully saturated rings. The molecular formula is C12H28MgN4O4. The lowest BCUT2D eigenvalue weighted by Gasteiger charge is -2.03. The molecule has 0 aliphatic rings. The molecule has 0 amide bonds. The van der Waals surface area contributed by atoms with Crippen LogP contribution in [0.25, 0.3) is 0 Å². The molecule has 0 aliphatic heterocycles. The minimum Gasteiger partial charge on any atom is -0.480 e. The molecule has 0 aromatic carbocycles. The molecule has 0 aromatic heterocycles. The van der Waals surface area contributed by atoms with Crippen LogP contribution < -0.4 is 22.9 Å². The van der Waals surface area contributed by atoms with E-state index in [1.807, 2.05) is 0 Å². The number of nitrogens with two attached hydrogens (primary N) is 4. The zero-order valence-electron chi connectivity index (χ0n) is 12.5. The van der Waals surface area contributed by atoms with Crippen LogP contribution in [0.15, 0.2) is 0 Å². The topological polar surface area (TPSA) is 179 Å². The van der Waals surface area contributed by atoms with Crippen LogP contribution in [0, 0.1) is 0 Å². The van der Waals surface area contributed by atoms with Crippen molar-refractivity contribution in [1.29, 1.82) is 0 Å². The van der Waals surface area contributed by atoms with Crippen LogP contribution in [-0.2, 0) is 9.59 Å². The first-order valence-electron chi connectivity index (χ1n) is 6.73. The summed E-state index contributed by atoms with van der Waals surface area (Å²) >= 11 is 0. The summed E-state index contributed by atoms with van der Waals surface area (Å²) in [7, 11) is 0. The Bertz CT molecular complexity index is 244. The van der Waals surface area contributed by atoms with Gasteiger partial charge in [-0.2, -0.15) is 0 Å². The van der Waals surface area contributed by atoms with Gasteiger partial charge < -0.3 is 33.1 Å². The van der Waals surface area contributed by atoms with E-state index in [0.717, 1.165) is 25.7 Å². The summed E-state index contributed by atoms with van der Waals surface area (Å²) in [6.45, 7) is 1.21. The molecule has 2 radical (unpaired) electrons. The molecule has 2 atom stereocenters. The van der Waals surface area contributed by atoms with Gasteiger partial charge in [0.15, 0.2) is 0 Å². The molecule has 0 rings (SSSR count). The average Bonchev–Trinajstić information content (AvgIpc) is 2.39. The van der Waals surface area contributed by atoms with Gasteiger partial charge >= 0.3 is 11.9 Å². The molecular weight excluding hydrogens is 288 g/mol. The predicted molar refractivity (Wildman–Crippen MR) is 82.8 cm³/mol. The standard InChI is InChI=1S/2C6H14N2O2.Mg/c2*7-4-2-1-3-5(8)6(9)10;/h2*5H,1-4,7-8H2,(H,9,10);/t2*5-;/m00./s1. The lowest BCUT2D eigenvalue weighted by Crippen LogP contribution is -2.29. The van der Waals surface area contributed by atoms with Gasteiger partial charge in [0, 0.05) is 23.1 Å². The fourth-order valence-electron chi connectivity index (χ4n) is 1.26.